The van der Waals surface area contributed by atoms with Gasteiger partial charge in [-0.3, -0.25) is 34.0 Å². The summed E-state index contributed by atoms with van der Waals surface area (Å²) in [5.41, 5.74) is 51.3. The first-order valence-electron chi connectivity index (χ1n) is 48.8. The summed E-state index contributed by atoms with van der Waals surface area (Å²) in [6, 6.07) is 82.2. The number of benzene rings is 10. The topological polar surface area (TPSA) is 249 Å². The molecule has 9 N–H and O–H groups in total. The largest absolute Gasteiger partial charge is 0.398 e. The molecule has 16 aromatic rings. The smallest absolute Gasteiger partial charge is 0.167 e. The van der Waals surface area contributed by atoms with Crippen LogP contribution in [0.15, 0.2) is 266 Å². The molecular formula is C116H120N12O7S2. The number of carbonyl (C=O) groups is 4. The van der Waals surface area contributed by atoms with Crippen LogP contribution in [0.5, 0.6) is 0 Å². The van der Waals surface area contributed by atoms with Crippen molar-refractivity contribution in [1.29, 1.82) is 0 Å². The number of ether oxygens (including phenoxy) is 3. The number of nitrogen functional groups attached to an aromatic ring is 4. The Morgan fingerprint density at radius 2 is 0.759 bits per heavy atom. The number of nitrogens with two attached hydrogens (primary N) is 4. The molecule has 0 amide bonds. The third kappa shape index (κ3) is 21.7. The highest BCUT2D eigenvalue weighted by atomic mass is 32.1. The van der Waals surface area contributed by atoms with Crippen molar-refractivity contribution >= 4 is 118 Å². The third-order valence-electron chi connectivity index (χ3n) is 28.3. The van der Waals surface area contributed by atoms with E-state index in [1.165, 1.54) is 117 Å². The zero-order chi connectivity index (χ0) is 93.4. The van der Waals surface area contributed by atoms with E-state index < -0.39 is 0 Å². The number of fused-ring (bicyclic) bond motifs is 4. The Morgan fingerprint density at radius 1 is 0.372 bits per heavy atom. The summed E-state index contributed by atoms with van der Waals surface area (Å²) in [6.07, 6.45) is 14.8. The molecular weight excluding hydrogens is 1740 g/mol. The van der Waals surface area contributed by atoms with Crippen LogP contribution in [0.1, 0.15) is 161 Å². The Balaban J connectivity index is 0.000000113. The van der Waals surface area contributed by atoms with E-state index >= 15 is 0 Å². The zero-order valence-corrected chi connectivity index (χ0v) is 79.7. The Hall–Kier alpha value is -12.9. The van der Waals surface area contributed by atoms with Gasteiger partial charge in [0.15, 0.2) is 23.1 Å². The number of nitrogens with zero attached hydrogens (tertiary/aromatic N) is 7. The fourth-order valence-electron chi connectivity index (χ4n) is 20.0. The lowest BCUT2D eigenvalue weighted by atomic mass is 9.94. The number of rotatable bonds is 30. The first-order chi connectivity index (χ1) is 67.1. The molecule has 21 heteroatoms. The average Bonchev–Trinajstić information content (AvgIpc) is 1.61. The molecule has 23 rings (SSSR count). The van der Waals surface area contributed by atoms with Crippen molar-refractivity contribution in [3.05, 3.63) is 333 Å². The summed E-state index contributed by atoms with van der Waals surface area (Å²) in [4.78, 5) is 67.1. The lowest BCUT2D eigenvalue weighted by molar-refractivity contribution is 0.0364. The molecule has 0 bridgehead atoms. The van der Waals surface area contributed by atoms with Crippen molar-refractivity contribution in [3.8, 4) is 43.1 Å². The number of hydrogen-bond acceptors (Lipinski definition) is 18. The molecule has 0 atom stereocenters. The predicted octanol–water partition coefficient (Wildman–Crippen LogP) is 22.2. The molecule has 0 unspecified atom stereocenters. The van der Waals surface area contributed by atoms with E-state index in [0.717, 1.165) is 206 Å². The van der Waals surface area contributed by atoms with Gasteiger partial charge in [-0.05, 0) is 315 Å². The van der Waals surface area contributed by atoms with Gasteiger partial charge in [-0.2, -0.15) is 0 Å². The number of ketones is 4. The van der Waals surface area contributed by atoms with Gasteiger partial charge in [0, 0.05) is 241 Å². The molecule has 0 radical (unpaired) electrons. The number of aromatic nitrogens is 4. The second-order valence-electron chi connectivity index (χ2n) is 37.8. The molecule has 19 nitrogen and oxygen atoms in total. The van der Waals surface area contributed by atoms with Crippen molar-refractivity contribution in [3.63, 3.8) is 0 Å². The summed E-state index contributed by atoms with van der Waals surface area (Å²) >= 11 is 3.39. The Morgan fingerprint density at radius 3 is 1.16 bits per heavy atom. The van der Waals surface area contributed by atoms with Gasteiger partial charge in [0.1, 0.15) is 0 Å². The molecule has 698 valence electrons. The first-order valence-corrected chi connectivity index (χ1v) is 50.6. The number of methoxy groups -OCH3 is 1. The van der Waals surface area contributed by atoms with E-state index in [1.807, 2.05) is 133 Å². The van der Waals surface area contributed by atoms with Gasteiger partial charge in [-0.25, -0.2) is 0 Å². The maximum Gasteiger partial charge on any atom is 0.167 e. The maximum atomic E-state index is 13.3. The summed E-state index contributed by atoms with van der Waals surface area (Å²) in [7, 11) is 1.73. The second-order valence-corrected chi connectivity index (χ2v) is 39.7. The summed E-state index contributed by atoms with van der Waals surface area (Å²) in [6.45, 7) is 17.0. The molecule has 6 aromatic heterocycles. The Kier molecular flexibility index (Phi) is 28.1. The number of morpholine rings is 2. The Labute approximate surface area is 809 Å². The molecule has 0 spiro atoms. The third-order valence-corrected chi connectivity index (χ3v) is 30.1. The van der Waals surface area contributed by atoms with E-state index in [2.05, 4.69) is 159 Å². The predicted molar refractivity (Wildman–Crippen MR) is 560 cm³/mol. The molecule has 7 fully saturated rings. The highest BCUT2D eigenvalue weighted by molar-refractivity contribution is 7.13. The number of piperazine rings is 1. The van der Waals surface area contributed by atoms with Crippen LogP contribution in [-0.2, 0) is 59.5 Å². The molecule has 4 saturated carbocycles. The van der Waals surface area contributed by atoms with Crippen LogP contribution < -0.4 is 33.2 Å². The van der Waals surface area contributed by atoms with Gasteiger partial charge in [0.2, 0.25) is 0 Å². The summed E-state index contributed by atoms with van der Waals surface area (Å²) in [5.74, 6) is 2.98. The Bertz CT molecular complexity index is 7030. The van der Waals surface area contributed by atoms with Crippen LogP contribution in [-0.4, -0.2) is 157 Å². The fourth-order valence-corrected chi connectivity index (χ4v) is 21.4. The van der Waals surface area contributed by atoms with Gasteiger partial charge >= 0.3 is 0 Å². The summed E-state index contributed by atoms with van der Waals surface area (Å²) in [5, 5.41) is 13.5. The minimum Gasteiger partial charge on any atom is -0.398 e. The van der Waals surface area contributed by atoms with Crippen LogP contribution in [0.4, 0.5) is 28.4 Å². The number of hydrogen-bond donors (Lipinski definition) is 5. The highest BCUT2D eigenvalue weighted by Gasteiger charge is 2.34. The van der Waals surface area contributed by atoms with Crippen molar-refractivity contribution < 1.29 is 33.4 Å². The second kappa shape index (κ2) is 42.0. The normalized spacial score (nSPS) is 15.8. The minimum atomic E-state index is 0.0847. The lowest BCUT2D eigenvalue weighted by Gasteiger charge is -2.32. The molecule has 3 aliphatic heterocycles. The highest BCUT2D eigenvalue weighted by Crippen LogP contribution is 2.50. The van der Waals surface area contributed by atoms with Gasteiger partial charge in [0.05, 0.1) is 33.0 Å². The summed E-state index contributed by atoms with van der Waals surface area (Å²) < 4.78 is 23.6. The standard InChI is InChI=1S/C30H32N4O2.C29H31N3O2S.C29H29N3OS.C28H28N2O2/c31-27-5-3-23(21-7-9-32-10-8-21)17-25(27)20-30(35)24-4-6-28-26(18-24)19-29(22-1-2-22)34(28)12-11-33-13-15-36-16-14-33;30-25-7-5-22(29-2-1-15-35-29)17-23(25)19-28(33)21-6-8-26-24(16-21)18-27(20-3-4-20)32(26)10-9-31-11-13-34-14-12-31;30-25-9-6-22(28-2-1-15-34-28)17-23(25)18-27(33)21-5-8-24-20(16-21)7-10-26(29(24)19-3-4-19)32-13-11-31-12-14-32;1-32-14-13-30-26-12-10-22(16-24(26)17-27(30)20-7-8-20)28(31)18-23-15-21(9-11-25(23)29)19-5-3-2-4-6-19/h3-10,17-19,22H,1-2,11-16,20,31H2;1-2,5-8,15-18,20H,3-4,9-14,19,30H2;1-2,5-10,15-17,19,31H,3-4,11-14,18,30H2;2-6,9-12,15-17,20H,7-8,13-14,18,29H2,1H3. The zero-order valence-electron chi connectivity index (χ0n) is 78.0. The quantitative estimate of drug-likeness (QED) is 0.0207. The number of anilines is 5. The van der Waals surface area contributed by atoms with E-state index in [-0.39, 0.29) is 36.0 Å². The van der Waals surface area contributed by atoms with Crippen LogP contribution in [0, 0.1) is 0 Å². The van der Waals surface area contributed by atoms with Crippen LogP contribution in [0.25, 0.3) is 86.6 Å². The first kappa shape index (κ1) is 91.8. The number of carbonyl (C=O) groups excluding carboxylic acids is 4. The maximum absolute atomic E-state index is 13.3. The van der Waals surface area contributed by atoms with Crippen molar-refractivity contribution in [1.82, 2.24) is 33.8 Å². The van der Waals surface area contributed by atoms with Crippen molar-refractivity contribution in [2.24, 2.45) is 0 Å². The number of thiophene rings is 2. The fraction of sp³-hybridized carbons (Fsp3) is 0.302. The van der Waals surface area contributed by atoms with E-state index in [1.54, 1.807) is 42.2 Å². The van der Waals surface area contributed by atoms with Gasteiger partial charge in [0.25, 0.3) is 0 Å². The molecule has 4 aliphatic carbocycles. The van der Waals surface area contributed by atoms with Gasteiger partial charge in [-0.15, -0.1) is 22.7 Å². The van der Waals surface area contributed by atoms with E-state index in [9.17, 15) is 19.2 Å². The molecule has 7 aliphatic rings. The molecule has 10 aromatic carbocycles. The lowest BCUT2D eigenvalue weighted by Crippen LogP contribution is -2.43. The number of pyridine rings is 1. The number of nitrogens with one attached hydrogen (secondary N) is 1. The van der Waals surface area contributed by atoms with Crippen LogP contribution in [0.3, 0.4) is 0 Å². The van der Waals surface area contributed by atoms with Crippen LogP contribution in [0.2, 0.25) is 0 Å². The van der Waals surface area contributed by atoms with Gasteiger partial charge < -0.3 is 61.1 Å². The van der Waals surface area contributed by atoms with Crippen molar-refractivity contribution in [2.75, 3.05) is 133 Å². The van der Waals surface area contributed by atoms with E-state index in [0.29, 0.717) is 65.9 Å². The SMILES string of the molecule is COCCn1c(C2CC2)cc2cc(C(=O)Cc3cc(-c4ccccc4)ccc3N)ccc21.Nc1ccc(-c2cccs2)cc1CC(=O)c1ccc2c(C3CC3)c(N3CCNCC3)ccc2c1.Nc1ccc(-c2cccs2)cc1CC(=O)c1ccc2c(c1)cc(C1CC1)n2CCN1CCOCC1.Nc1ccc(-c2ccncc2)cc1CC(=O)c1ccc2c(c1)cc(C1CC1)n2CCN1CCOCC1. The van der Waals surface area contributed by atoms with E-state index in [4.69, 9.17) is 37.1 Å². The monoisotopic (exact) mass is 1860 g/mol. The molecule has 3 saturated heterocycles. The minimum absolute atomic E-state index is 0.0847. The molecule has 137 heavy (non-hydrogen) atoms. The van der Waals surface area contributed by atoms with Gasteiger partial charge in [-0.1, -0.05) is 84.9 Å². The van der Waals surface area contributed by atoms with Crippen LogP contribution >= 0.6 is 22.7 Å². The van der Waals surface area contributed by atoms with Crippen molar-refractivity contribution in [2.45, 2.75) is 120 Å². The molecule has 9 heterocycles. The average molecular weight is 1860 g/mol. The number of Topliss-reactive ketones (excluding diaryl/α,β-unsaturated/α-hetero) is 4.